The van der Waals surface area contributed by atoms with Gasteiger partial charge in [0.2, 0.25) is 0 Å². The number of hydrogen-bond acceptors (Lipinski definition) is 1. The van der Waals surface area contributed by atoms with Crippen molar-refractivity contribution in [2.45, 2.75) is 6.42 Å². The van der Waals surface area contributed by atoms with E-state index in [1.165, 1.54) is 0 Å². The van der Waals surface area contributed by atoms with Gasteiger partial charge in [0.1, 0.15) is 15.9 Å². The second kappa shape index (κ2) is 9.65. The number of benzene rings is 4. The zero-order valence-corrected chi connectivity index (χ0v) is 17.6. The highest BCUT2D eigenvalue weighted by Crippen LogP contribution is 2.56. The molecule has 0 radical (unpaired) electrons. The van der Waals surface area contributed by atoms with Crippen LogP contribution in [-0.4, -0.2) is 5.52 Å². The molecule has 0 aliphatic rings. The summed E-state index contributed by atoms with van der Waals surface area (Å²) in [5.41, 5.74) is 1.34. The van der Waals surface area contributed by atoms with Crippen LogP contribution in [0.5, 0.6) is 0 Å². The van der Waals surface area contributed by atoms with Gasteiger partial charge in [-0.2, -0.15) is 0 Å². The quantitative estimate of drug-likeness (QED) is 0.438. The lowest BCUT2D eigenvalue weighted by atomic mass is 10.2. The number of hydrogen-bond donors (Lipinski definition) is 0. The maximum Gasteiger partial charge on any atom is 0.287 e. The van der Waals surface area contributed by atoms with Crippen LogP contribution in [0.1, 0.15) is 5.56 Å². The molecule has 0 saturated heterocycles. The van der Waals surface area contributed by atoms with E-state index in [-0.39, 0.29) is 17.9 Å². The van der Waals surface area contributed by atoms with Crippen LogP contribution >= 0.6 is 7.26 Å². The van der Waals surface area contributed by atoms with Gasteiger partial charge in [-0.05, 0) is 42.0 Å². The van der Waals surface area contributed by atoms with E-state index < -0.39 is 7.26 Å². The zero-order valence-electron chi connectivity index (χ0n) is 16.0. The van der Waals surface area contributed by atoms with Gasteiger partial charge in [-0.15, -0.1) is 0 Å². The molecule has 0 bridgehead atoms. The van der Waals surface area contributed by atoms with E-state index >= 15 is 0 Å². The molecule has 0 aliphatic carbocycles. The van der Waals surface area contributed by atoms with Crippen LogP contribution in [0.2, 0.25) is 0 Å². The lowest BCUT2D eigenvalue weighted by Gasteiger charge is -2.25. The average molecular weight is 417 g/mol. The molecule has 1 nitrogen and oxygen atoms in total. The summed E-state index contributed by atoms with van der Waals surface area (Å²) >= 11 is 0. The third kappa shape index (κ3) is 4.17. The van der Waals surface area contributed by atoms with Gasteiger partial charge in [-0.1, -0.05) is 84.9 Å². The summed E-state index contributed by atoms with van der Waals surface area (Å²) in [7, 11) is -2.45. The van der Waals surface area contributed by atoms with Gasteiger partial charge in [-0.25, -0.2) is 0 Å². The van der Waals surface area contributed by atoms with Gasteiger partial charge in [0, 0.05) is 0 Å². The first kappa shape index (κ1) is 21.0. The number of rotatable bonds is 6. The predicted octanol–water partition coefficient (Wildman–Crippen LogP) is 1.75. The molecular formula is C26H22ClOP. The largest absolute Gasteiger partial charge is 1.00 e. The maximum atomic E-state index is 14.1. The summed E-state index contributed by atoms with van der Waals surface area (Å²) in [4.78, 5) is 14.1. The summed E-state index contributed by atoms with van der Waals surface area (Å²) in [6.07, 6.45) is 0.424. The van der Waals surface area contributed by atoms with Gasteiger partial charge < -0.3 is 12.4 Å². The highest BCUT2D eigenvalue weighted by Gasteiger charge is 2.52. The minimum absolute atomic E-state index is 0. The fourth-order valence-corrected chi connectivity index (χ4v) is 7.76. The molecule has 0 N–H and O–H groups in total. The molecule has 4 aromatic carbocycles. The number of halogens is 1. The Bertz CT molecular complexity index is 938. The van der Waals surface area contributed by atoms with E-state index in [9.17, 15) is 4.79 Å². The fourth-order valence-electron chi connectivity index (χ4n) is 3.72. The van der Waals surface area contributed by atoms with Crippen molar-refractivity contribution in [3.05, 3.63) is 127 Å². The Labute approximate surface area is 179 Å². The molecule has 0 fully saturated rings. The highest BCUT2D eigenvalue weighted by molar-refractivity contribution is 8.08. The summed E-state index contributed by atoms with van der Waals surface area (Å²) in [6.45, 7) is 0. The molecule has 3 heteroatoms. The fraction of sp³-hybridized carbons (Fsp3) is 0.0385. The molecule has 0 atom stereocenters. The van der Waals surface area contributed by atoms with Gasteiger partial charge in [0.05, 0.1) is 6.42 Å². The lowest BCUT2D eigenvalue weighted by Crippen LogP contribution is -3.00. The van der Waals surface area contributed by atoms with Crippen molar-refractivity contribution in [1.29, 1.82) is 0 Å². The van der Waals surface area contributed by atoms with Gasteiger partial charge in [-0.3, -0.25) is 4.79 Å². The van der Waals surface area contributed by atoms with Crippen molar-refractivity contribution in [3.8, 4) is 0 Å². The van der Waals surface area contributed by atoms with E-state index in [0.29, 0.717) is 6.42 Å². The Morgan fingerprint density at radius 3 is 1.17 bits per heavy atom. The second-order valence-corrected chi connectivity index (χ2v) is 10.1. The SMILES string of the molecule is O=C(Cc1ccccc1)[P+](c1ccccc1)(c1ccccc1)c1ccccc1.[Cl-]. The first-order valence-electron chi connectivity index (χ1n) is 9.45. The third-order valence-corrected chi connectivity index (χ3v) is 9.13. The molecule has 0 aromatic heterocycles. The predicted molar refractivity (Wildman–Crippen MR) is 120 cm³/mol. The molecule has 4 aromatic rings. The Morgan fingerprint density at radius 2 is 0.828 bits per heavy atom. The molecule has 0 saturated carbocycles. The standard InChI is InChI=1S/C26H22OP.ClH/c27-26(21-22-13-5-1-6-14-22)28(23-15-7-2-8-16-23,24-17-9-3-10-18-24)25-19-11-4-12-20-25;/h1-20H,21H2;1H/q+1;/p-1. The normalized spacial score (nSPS) is 10.8. The smallest absolute Gasteiger partial charge is 0.287 e. The molecule has 0 heterocycles. The van der Waals surface area contributed by atoms with Crippen LogP contribution < -0.4 is 28.3 Å². The minimum atomic E-state index is -2.45. The molecule has 29 heavy (non-hydrogen) atoms. The van der Waals surface area contributed by atoms with E-state index in [0.717, 1.165) is 21.5 Å². The Hall–Kier alpha value is -2.73. The van der Waals surface area contributed by atoms with Crippen LogP contribution in [0.3, 0.4) is 0 Å². The molecular weight excluding hydrogens is 395 g/mol. The van der Waals surface area contributed by atoms with Crippen molar-refractivity contribution in [2.75, 3.05) is 0 Å². The van der Waals surface area contributed by atoms with E-state index in [1.54, 1.807) is 0 Å². The summed E-state index contributed by atoms with van der Waals surface area (Å²) in [5.74, 6) is 0. The van der Waals surface area contributed by atoms with Crippen LogP contribution in [-0.2, 0) is 11.2 Å². The first-order valence-corrected chi connectivity index (χ1v) is 11.2. The van der Waals surface area contributed by atoms with Crippen LogP contribution in [0.4, 0.5) is 0 Å². The Morgan fingerprint density at radius 1 is 0.517 bits per heavy atom. The van der Waals surface area contributed by atoms with Crippen molar-refractivity contribution >= 4 is 28.7 Å². The monoisotopic (exact) mass is 416 g/mol. The topological polar surface area (TPSA) is 17.1 Å². The van der Waals surface area contributed by atoms with Crippen molar-refractivity contribution in [1.82, 2.24) is 0 Å². The number of carbonyl (C=O) groups is 1. The molecule has 144 valence electrons. The van der Waals surface area contributed by atoms with Crippen LogP contribution in [0, 0.1) is 0 Å². The minimum Gasteiger partial charge on any atom is -1.00 e. The van der Waals surface area contributed by atoms with Crippen LogP contribution in [0.15, 0.2) is 121 Å². The molecule has 0 spiro atoms. The van der Waals surface area contributed by atoms with E-state index in [2.05, 4.69) is 36.4 Å². The molecule has 0 unspecified atom stereocenters. The van der Waals surface area contributed by atoms with Crippen LogP contribution in [0.25, 0.3) is 0 Å². The van der Waals surface area contributed by atoms with E-state index in [4.69, 9.17) is 0 Å². The number of carbonyl (C=O) groups excluding carboxylic acids is 1. The van der Waals surface area contributed by atoms with Crippen molar-refractivity contribution < 1.29 is 17.2 Å². The Balaban J connectivity index is 0.00000240. The lowest BCUT2D eigenvalue weighted by molar-refractivity contribution is -0.110. The van der Waals surface area contributed by atoms with Crippen molar-refractivity contribution in [3.63, 3.8) is 0 Å². The average Bonchev–Trinajstić information content (AvgIpc) is 2.77. The second-order valence-electron chi connectivity index (χ2n) is 6.73. The molecule has 4 rings (SSSR count). The third-order valence-electron chi connectivity index (χ3n) is 5.00. The van der Waals surface area contributed by atoms with Gasteiger partial charge >= 0.3 is 0 Å². The summed E-state index contributed by atoms with van der Waals surface area (Å²) in [5, 5.41) is 3.31. The Kier molecular flexibility index (Phi) is 6.99. The first-order chi connectivity index (χ1) is 13.8. The van der Waals surface area contributed by atoms with Crippen molar-refractivity contribution in [2.24, 2.45) is 0 Å². The van der Waals surface area contributed by atoms with E-state index in [1.807, 2.05) is 84.9 Å². The molecule has 0 amide bonds. The zero-order chi connectivity index (χ0) is 19.2. The van der Waals surface area contributed by atoms with Gasteiger partial charge in [0.15, 0.2) is 7.26 Å². The maximum absolute atomic E-state index is 14.1. The summed E-state index contributed by atoms with van der Waals surface area (Å²) < 4.78 is 0. The van der Waals surface area contributed by atoms with Gasteiger partial charge in [0.25, 0.3) is 5.52 Å². The highest BCUT2D eigenvalue weighted by atomic mass is 35.5. The molecule has 0 aliphatic heterocycles. The summed E-state index contributed by atoms with van der Waals surface area (Å²) in [6, 6.07) is 40.9.